The van der Waals surface area contributed by atoms with Crippen molar-refractivity contribution in [3.63, 3.8) is 0 Å². The number of aryl methyl sites for hydroxylation is 1. The Balaban J connectivity index is 1.59. The number of carbonyl (C=O) groups excluding carboxylic acids is 2. The molecule has 1 fully saturated rings. The van der Waals surface area contributed by atoms with Crippen LogP contribution in [0.1, 0.15) is 41.5 Å². The van der Waals surface area contributed by atoms with E-state index in [0.29, 0.717) is 10.4 Å². The summed E-state index contributed by atoms with van der Waals surface area (Å²) in [5.41, 5.74) is 1.53. The third-order valence-corrected chi connectivity index (χ3v) is 8.58. The molecule has 2 atom stereocenters. The third kappa shape index (κ3) is 5.22. The van der Waals surface area contributed by atoms with Gasteiger partial charge in [-0.25, -0.2) is 13.2 Å². The van der Waals surface area contributed by atoms with Crippen LogP contribution in [0.5, 0.6) is 0 Å². The van der Waals surface area contributed by atoms with Crippen LogP contribution in [-0.4, -0.2) is 61.1 Å². The van der Waals surface area contributed by atoms with Crippen molar-refractivity contribution in [3.05, 3.63) is 58.4 Å². The second kappa shape index (κ2) is 10.0. The van der Waals surface area contributed by atoms with E-state index in [1.165, 1.54) is 39.9 Å². The Morgan fingerprint density at radius 3 is 2.34 bits per heavy atom. The van der Waals surface area contributed by atoms with E-state index in [9.17, 15) is 18.0 Å². The minimum atomic E-state index is -3.70. The van der Waals surface area contributed by atoms with E-state index in [4.69, 9.17) is 9.47 Å². The predicted octanol–water partition coefficient (Wildman–Crippen LogP) is 2.96. The predicted molar refractivity (Wildman–Crippen MR) is 132 cm³/mol. The number of aromatic nitrogens is 1. The van der Waals surface area contributed by atoms with E-state index in [2.05, 4.69) is 4.99 Å². The number of carbonyl (C=O) groups is 2. The van der Waals surface area contributed by atoms with Gasteiger partial charge in [0.2, 0.25) is 10.0 Å². The van der Waals surface area contributed by atoms with Gasteiger partial charge < -0.3 is 14.0 Å². The number of hydrogen-bond donors (Lipinski definition) is 0. The summed E-state index contributed by atoms with van der Waals surface area (Å²) in [6.07, 6.45) is -0.382. The monoisotopic (exact) mass is 517 g/mol. The smallest absolute Gasteiger partial charge is 0.338 e. The van der Waals surface area contributed by atoms with Gasteiger partial charge in [0.05, 0.1) is 39.5 Å². The number of morpholine rings is 1. The second-order valence-corrected chi connectivity index (χ2v) is 11.3. The summed E-state index contributed by atoms with van der Waals surface area (Å²) >= 11 is 1.28. The molecule has 0 bridgehead atoms. The first-order valence-corrected chi connectivity index (χ1v) is 13.5. The summed E-state index contributed by atoms with van der Waals surface area (Å²) in [6, 6.07) is 11.0. The molecule has 2 aromatic carbocycles. The lowest BCUT2D eigenvalue weighted by atomic mass is 10.2. The fourth-order valence-electron chi connectivity index (χ4n) is 3.98. The normalized spacial score (nSPS) is 19.7. The zero-order chi connectivity index (χ0) is 25.3. The minimum Gasteiger partial charge on any atom is -0.462 e. The summed E-state index contributed by atoms with van der Waals surface area (Å²) in [7, 11) is -1.91. The third-order valence-electron chi connectivity index (χ3n) is 5.64. The topological polar surface area (TPSA) is 107 Å². The molecule has 0 N–H and O–H groups in total. The maximum atomic E-state index is 13.0. The largest absolute Gasteiger partial charge is 0.462 e. The lowest BCUT2D eigenvalue weighted by Gasteiger charge is -2.34. The molecular formula is C24H27N3O6S2. The Kier molecular flexibility index (Phi) is 7.22. The summed E-state index contributed by atoms with van der Waals surface area (Å²) in [6.45, 7) is 6.27. The number of benzene rings is 2. The van der Waals surface area contributed by atoms with Crippen LogP contribution in [0.25, 0.3) is 10.2 Å². The van der Waals surface area contributed by atoms with Crippen LogP contribution in [-0.2, 0) is 26.5 Å². The molecule has 0 radical (unpaired) electrons. The van der Waals surface area contributed by atoms with Crippen LogP contribution in [0.2, 0.25) is 0 Å². The van der Waals surface area contributed by atoms with Crippen molar-refractivity contribution in [2.24, 2.45) is 12.0 Å². The number of esters is 1. The summed E-state index contributed by atoms with van der Waals surface area (Å²) < 4.78 is 40.7. The van der Waals surface area contributed by atoms with Gasteiger partial charge in [-0.2, -0.15) is 9.30 Å². The lowest BCUT2D eigenvalue weighted by molar-refractivity contribution is -0.0440. The number of sulfonamides is 1. The van der Waals surface area contributed by atoms with Gasteiger partial charge in [0, 0.05) is 25.7 Å². The number of nitrogens with zero attached hydrogens (tertiary/aromatic N) is 3. The molecule has 11 heteroatoms. The lowest BCUT2D eigenvalue weighted by Crippen LogP contribution is -2.48. The molecule has 0 saturated carbocycles. The molecule has 4 rings (SSSR count). The van der Waals surface area contributed by atoms with E-state index < -0.39 is 21.9 Å². The molecule has 0 aliphatic carbocycles. The molecule has 3 aromatic rings. The van der Waals surface area contributed by atoms with Crippen molar-refractivity contribution in [3.8, 4) is 0 Å². The zero-order valence-corrected chi connectivity index (χ0v) is 21.6. The molecule has 1 saturated heterocycles. The van der Waals surface area contributed by atoms with Gasteiger partial charge in [-0.05, 0) is 63.2 Å². The summed E-state index contributed by atoms with van der Waals surface area (Å²) in [5.74, 6) is -0.897. The van der Waals surface area contributed by atoms with Gasteiger partial charge in [-0.1, -0.05) is 11.3 Å². The molecule has 1 aliphatic heterocycles. The Morgan fingerprint density at radius 2 is 1.71 bits per heavy atom. The Labute approximate surface area is 207 Å². The molecule has 1 aromatic heterocycles. The first-order chi connectivity index (χ1) is 16.6. The highest BCUT2D eigenvalue weighted by molar-refractivity contribution is 7.89. The Bertz CT molecular complexity index is 1430. The minimum absolute atomic E-state index is 0.120. The zero-order valence-electron chi connectivity index (χ0n) is 19.9. The highest BCUT2D eigenvalue weighted by atomic mass is 32.2. The number of rotatable bonds is 5. The molecule has 1 aliphatic rings. The number of thiazole rings is 1. The van der Waals surface area contributed by atoms with Crippen LogP contribution >= 0.6 is 11.3 Å². The standard InChI is InChI=1S/C24H27N3O6S2/c1-5-32-23(29)18-8-11-20-21(12-18)34-24(26(20)4)25-22(28)17-6-9-19(10-7-17)35(30,31)27-13-15(2)33-16(3)14-27/h6-12,15-16H,5,13-14H2,1-4H3. The van der Waals surface area contributed by atoms with Gasteiger partial charge in [0.15, 0.2) is 4.80 Å². The van der Waals surface area contributed by atoms with Crippen LogP contribution in [0.15, 0.2) is 52.4 Å². The molecule has 1 amide bonds. The van der Waals surface area contributed by atoms with Crippen molar-refractivity contribution in [1.82, 2.24) is 8.87 Å². The molecule has 2 unspecified atom stereocenters. The Morgan fingerprint density at radius 1 is 1.09 bits per heavy atom. The van der Waals surface area contributed by atoms with Crippen LogP contribution in [0.4, 0.5) is 0 Å². The van der Waals surface area contributed by atoms with E-state index >= 15 is 0 Å². The van der Waals surface area contributed by atoms with Crippen molar-refractivity contribution in [2.75, 3.05) is 19.7 Å². The molecule has 0 spiro atoms. The number of fused-ring (bicyclic) bond motifs is 1. The Hall–Kier alpha value is -2.86. The first kappa shape index (κ1) is 25.2. The van der Waals surface area contributed by atoms with Gasteiger partial charge >= 0.3 is 5.97 Å². The van der Waals surface area contributed by atoms with Crippen molar-refractivity contribution >= 4 is 43.5 Å². The van der Waals surface area contributed by atoms with Crippen molar-refractivity contribution in [1.29, 1.82) is 0 Å². The van der Waals surface area contributed by atoms with Crippen molar-refractivity contribution < 1.29 is 27.5 Å². The fourth-order valence-corrected chi connectivity index (χ4v) is 6.63. The van der Waals surface area contributed by atoms with Gasteiger partial charge in [0.25, 0.3) is 5.91 Å². The fraction of sp³-hybridized carbons (Fsp3) is 0.375. The summed E-state index contributed by atoms with van der Waals surface area (Å²) in [4.78, 5) is 29.7. The maximum absolute atomic E-state index is 13.0. The molecule has 9 nitrogen and oxygen atoms in total. The van der Waals surface area contributed by atoms with Gasteiger partial charge in [0.1, 0.15) is 0 Å². The highest BCUT2D eigenvalue weighted by Gasteiger charge is 2.32. The molecular weight excluding hydrogens is 490 g/mol. The average molecular weight is 518 g/mol. The summed E-state index contributed by atoms with van der Waals surface area (Å²) in [5, 5.41) is 0. The van der Waals surface area contributed by atoms with Gasteiger partial charge in [-0.15, -0.1) is 0 Å². The number of amides is 1. The van der Waals surface area contributed by atoms with Crippen LogP contribution < -0.4 is 4.80 Å². The number of ether oxygens (including phenoxy) is 2. The van der Waals surface area contributed by atoms with Gasteiger partial charge in [-0.3, -0.25) is 4.79 Å². The van der Waals surface area contributed by atoms with E-state index in [1.54, 1.807) is 36.7 Å². The van der Waals surface area contributed by atoms with Crippen molar-refractivity contribution in [2.45, 2.75) is 37.9 Å². The van der Waals surface area contributed by atoms with E-state index in [1.807, 2.05) is 13.8 Å². The molecule has 186 valence electrons. The molecule has 2 heterocycles. The molecule has 35 heavy (non-hydrogen) atoms. The van der Waals surface area contributed by atoms with Crippen LogP contribution in [0, 0.1) is 0 Å². The average Bonchev–Trinajstić information content (AvgIpc) is 3.13. The van der Waals surface area contributed by atoms with Crippen LogP contribution in [0.3, 0.4) is 0 Å². The highest BCUT2D eigenvalue weighted by Crippen LogP contribution is 2.22. The van der Waals surface area contributed by atoms with E-state index in [0.717, 1.165) is 10.2 Å². The van der Waals surface area contributed by atoms with E-state index in [-0.39, 0.29) is 42.4 Å². The SMILES string of the molecule is CCOC(=O)c1ccc2c(c1)sc(=NC(=O)c1ccc(S(=O)(=O)N3CC(C)OC(C)C3)cc1)n2C. The second-order valence-electron chi connectivity index (χ2n) is 8.37. The number of hydrogen-bond acceptors (Lipinski definition) is 7. The quantitative estimate of drug-likeness (QED) is 0.482. The maximum Gasteiger partial charge on any atom is 0.338 e. The first-order valence-electron chi connectivity index (χ1n) is 11.2.